The van der Waals surface area contributed by atoms with E-state index in [0.717, 1.165) is 0 Å². The molecule has 3 nitrogen and oxygen atoms in total. The van der Waals surface area contributed by atoms with E-state index < -0.39 is 0 Å². The van der Waals surface area contributed by atoms with Gasteiger partial charge in [0, 0.05) is 12.6 Å². The first-order valence-corrected chi connectivity index (χ1v) is 7.25. The predicted octanol–water partition coefficient (Wildman–Crippen LogP) is 1.54. The number of amides is 1. The second kappa shape index (κ2) is 6.50. The van der Waals surface area contributed by atoms with Crippen molar-refractivity contribution < 1.29 is 10.1 Å². The Kier molecular flexibility index (Phi) is 4.71. The van der Waals surface area contributed by atoms with Crippen molar-refractivity contribution in [2.75, 3.05) is 7.05 Å². The highest BCUT2D eigenvalue weighted by molar-refractivity contribution is 7.10. The number of benzene rings is 1. The van der Waals surface area contributed by atoms with Crippen LogP contribution in [-0.4, -0.2) is 19.0 Å². The quantitative estimate of drug-likeness (QED) is 0.854. The molecule has 0 unspecified atom stereocenters. The number of carbonyl (C=O) groups is 1. The zero-order valence-corrected chi connectivity index (χ0v) is 12.0. The first-order valence-electron chi connectivity index (χ1n) is 6.37. The molecule has 0 fully saturated rings. The van der Waals surface area contributed by atoms with Crippen molar-refractivity contribution in [3.8, 4) is 0 Å². The molecule has 19 heavy (non-hydrogen) atoms. The van der Waals surface area contributed by atoms with Crippen molar-refractivity contribution >= 4 is 17.2 Å². The molecule has 0 aliphatic rings. The summed E-state index contributed by atoms with van der Waals surface area (Å²) in [5.74, 6) is 0.0532. The van der Waals surface area contributed by atoms with Crippen molar-refractivity contribution in [3.63, 3.8) is 0 Å². The Morgan fingerprint density at radius 2 is 1.95 bits per heavy atom. The summed E-state index contributed by atoms with van der Waals surface area (Å²) >= 11 is 1.72. The molecule has 1 aromatic carbocycles. The number of likely N-dealkylation sites (N-methyl/N-ethyl adjacent to an activating group) is 1. The molecule has 0 aliphatic carbocycles. The molecule has 1 amide bonds. The molecular weight excluding hydrogens is 256 g/mol. The monoisotopic (exact) mass is 275 g/mol. The number of carbonyl (C=O) groups excluding carboxylic acids is 1. The topological polar surface area (TPSA) is 45.7 Å². The third-order valence-corrected chi connectivity index (χ3v) is 4.10. The van der Waals surface area contributed by atoms with Crippen LogP contribution in [0, 0.1) is 0 Å². The van der Waals surface area contributed by atoms with Crippen LogP contribution in [0.1, 0.15) is 23.4 Å². The molecule has 4 heteroatoms. The molecule has 3 N–H and O–H groups in total. The summed E-state index contributed by atoms with van der Waals surface area (Å²) in [5.41, 5.74) is 1.22. The highest BCUT2D eigenvalue weighted by Gasteiger charge is 2.24. The Hall–Kier alpha value is -1.65. The fourth-order valence-corrected chi connectivity index (χ4v) is 2.94. The van der Waals surface area contributed by atoms with Crippen molar-refractivity contribution in [1.29, 1.82) is 0 Å². The minimum absolute atomic E-state index is 0.0532. The maximum atomic E-state index is 11.7. The van der Waals surface area contributed by atoms with E-state index in [1.54, 1.807) is 18.4 Å². The number of nitrogens with two attached hydrogens (primary N) is 1. The van der Waals surface area contributed by atoms with Crippen LogP contribution in [0.3, 0.4) is 0 Å². The third-order valence-electron chi connectivity index (χ3n) is 3.15. The number of hydrogen-bond donors (Lipinski definition) is 2. The van der Waals surface area contributed by atoms with Gasteiger partial charge in [-0.25, -0.2) is 0 Å². The summed E-state index contributed by atoms with van der Waals surface area (Å²) in [7, 11) is 1.68. The fourth-order valence-electron chi connectivity index (χ4n) is 2.10. The molecule has 0 spiro atoms. The Balaban J connectivity index is 2.24. The van der Waals surface area contributed by atoms with Gasteiger partial charge in [-0.1, -0.05) is 36.4 Å². The SMILES string of the molecule is CNC(=O)[C@@H](C)[NH2+][C@H](c1ccccc1)c1cccs1. The maximum absolute atomic E-state index is 11.7. The second-order valence-corrected chi connectivity index (χ2v) is 5.48. The van der Waals surface area contributed by atoms with Gasteiger partial charge in [0.15, 0.2) is 6.04 Å². The molecule has 0 aliphatic heterocycles. The van der Waals surface area contributed by atoms with E-state index in [9.17, 15) is 4.79 Å². The first kappa shape index (κ1) is 13.8. The molecule has 100 valence electrons. The molecule has 2 rings (SSSR count). The summed E-state index contributed by atoms with van der Waals surface area (Å²) in [6.07, 6.45) is 0. The predicted molar refractivity (Wildman–Crippen MR) is 78.1 cm³/mol. The van der Waals surface area contributed by atoms with Gasteiger partial charge in [-0.2, -0.15) is 0 Å². The van der Waals surface area contributed by atoms with Gasteiger partial charge in [0.1, 0.15) is 6.04 Å². The lowest BCUT2D eigenvalue weighted by atomic mass is 10.0. The molecule has 0 saturated carbocycles. The third kappa shape index (κ3) is 3.43. The molecule has 0 bridgehead atoms. The largest absolute Gasteiger partial charge is 0.354 e. The number of quaternary nitrogens is 1. The van der Waals surface area contributed by atoms with Crippen molar-refractivity contribution in [2.45, 2.75) is 19.0 Å². The average molecular weight is 275 g/mol. The summed E-state index contributed by atoms with van der Waals surface area (Å²) < 4.78 is 0. The second-order valence-electron chi connectivity index (χ2n) is 4.50. The van der Waals surface area contributed by atoms with Gasteiger partial charge < -0.3 is 10.6 Å². The summed E-state index contributed by atoms with van der Waals surface area (Å²) in [6.45, 7) is 1.93. The van der Waals surface area contributed by atoms with Gasteiger partial charge in [-0.15, -0.1) is 11.3 Å². The van der Waals surface area contributed by atoms with Gasteiger partial charge in [0.25, 0.3) is 5.91 Å². The highest BCUT2D eigenvalue weighted by Crippen LogP contribution is 2.22. The van der Waals surface area contributed by atoms with Crippen LogP contribution in [-0.2, 0) is 4.79 Å². The normalized spacial score (nSPS) is 13.8. The van der Waals surface area contributed by atoms with Crippen LogP contribution in [0.25, 0.3) is 0 Å². The zero-order valence-electron chi connectivity index (χ0n) is 11.2. The van der Waals surface area contributed by atoms with Crippen LogP contribution in [0.4, 0.5) is 0 Å². The smallest absolute Gasteiger partial charge is 0.277 e. The lowest BCUT2D eigenvalue weighted by Crippen LogP contribution is -2.92. The number of nitrogens with one attached hydrogen (secondary N) is 1. The summed E-state index contributed by atoms with van der Waals surface area (Å²) in [6, 6.07) is 14.5. The Bertz CT molecular complexity index is 510. The van der Waals surface area contributed by atoms with Crippen LogP contribution in [0.2, 0.25) is 0 Å². The fraction of sp³-hybridized carbons (Fsp3) is 0.267. The Morgan fingerprint density at radius 3 is 2.53 bits per heavy atom. The van der Waals surface area contributed by atoms with Gasteiger partial charge in [-0.05, 0) is 18.4 Å². The van der Waals surface area contributed by atoms with Crippen LogP contribution in [0.15, 0.2) is 47.8 Å². The Morgan fingerprint density at radius 1 is 1.21 bits per heavy atom. The van der Waals surface area contributed by atoms with E-state index in [-0.39, 0.29) is 18.0 Å². The summed E-state index contributed by atoms with van der Waals surface area (Å²) in [4.78, 5) is 13.0. The van der Waals surface area contributed by atoms with Crippen molar-refractivity contribution in [2.24, 2.45) is 0 Å². The molecular formula is C15H19N2OS+. The molecule has 1 heterocycles. The highest BCUT2D eigenvalue weighted by atomic mass is 32.1. The molecule has 2 aromatic rings. The molecule has 0 radical (unpaired) electrons. The minimum atomic E-state index is -0.114. The van der Waals surface area contributed by atoms with Gasteiger partial charge >= 0.3 is 0 Å². The van der Waals surface area contributed by atoms with E-state index in [2.05, 4.69) is 34.2 Å². The van der Waals surface area contributed by atoms with Gasteiger partial charge in [0.2, 0.25) is 0 Å². The first-order chi connectivity index (χ1) is 9.22. The van der Waals surface area contributed by atoms with Crippen molar-refractivity contribution in [3.05, 3.63) is 58.3 Å². The van der Waals surface area contributed by atoms with Crippen LogP contribution in [0.5, 0.6) is 0 Å². The van der Waals surface area contributed by atoms with E-state index in [0.29, 0.717) is 0 Å². The van der Waals surface area contributed by atoms with E-state index in [1.165, 1.54) is 10.4 Å². The lowest BCUT2D eigenvalue weighted by molar-refractivity contribution is -0.704. The van der Waals surface area contributed by atoms with E-state index >= 15 is 0 Å². The number of hydrogen-bond acceptors (Lipinski definition) is 2. The van der Waals surface area contributed by atoms with Crippen molar-refractivity contribution in [1.82, 2.24) is 5.32 Å². The molecule has 0 saturated heterocycles. The van der Waals surface area contributed by atoms with Gasteiger partial charge in [0.05, 0.1) is 4.88 Å². The van der Waals surface area contributed by atoms with E-state index in [1.807, 2.05) is 31.2 Å². The number of rotatable bonds is 5. The molecule has 1 aromatic heterocycles. The maximum Gasteiger partial charge on any atom is 0.277 e. The average Bonchev–Trinajstić information content (AvgIpc) is 2.98. The standard InChI is InChI=1S/C15H18N2OS/c1-11(15(18)16-2)17-14(13-9-6-10-19-13)12-7-4-3-5-8-12/h3-11,14,17H,1-2H3,(H,16,18)/p+1/t11-,14-/m1/s1. The minimum Gasteiger partial charge on any atom is -0.354 e. The number of thiophene rings is 1. The van der Waals surface area contributed by atoms with Gasteiger partial charge in [-0.3, -0.25) is 4.79 Å². The van der Waals surface area contributed by atoms with Crippen LogP contribution < -0.4 is 10.6 Å². The van der Waals surface area contributed by atoms with E-state index in [4.69, 9.17) is 0 Å². The lowest BCUT2D eigenvalue weighted by Gasteiger charge is -2.18. The zero-order chi connectivity index (χ0) is 13.7. The summed E-state index contributed by atoms with van der Waals surface area (Å²) in [5, 5.41) is 6.88. The molecule has 2 atom stereocenters. The Labute approximate surface area is 117 Å². The van der Waals surface area contributed by atoms with Crippen LogP contribution >= 0.6 is 11.3 Å².